The second-order valence-corrected chi connectivity index (χ2v) is 5.96. The Kier molecular flexibility index (Phi) is 9.52. The van der Waals surface area contributed by atoms with Gasteiger partial charge in [-0.3, -0.25) is 4.99 Å². The molecule has 0 aliphatic heterocycles. The topological polar surface area (TPSA) is 45.7 Å². The van der Waals surface area contributed by atoms with Crippen LogP contribution >= 0.6 is 24.0 Å². The molecule has 0 saturated heterocycles. The van der Waals surface area contributed by atoms with E-state index in [0.29, 0.717) is 6.61 Å². The van der Waals surface area contributed by atoms with Gasteiger partial charge < -0.3 is 15.4 Å². The first kappa shape index (κ1) is 21.4. The lowest BCUT2D eigenvalue weighted by Crippen LogP contribution is -2.36. The molecular formula is C20H28IN3O. The first-order valence-electron chi connectivity index (χ1n) is 8.19. The molecule has 0 aliphatic rings. The molecule has 2 rings (SSSR count). The van der Waals surface area contributed by atoms with Crippen molar-refractivity contribution < 1.29 is 4.74 Å². The van der Waals surface area contributed by atoms with Gasteiger partial charge in [0, 0.05) is 27.2 Å². The molecule has 2 aromatic carbocycles. The lowest BCUT2D eigenvalue weighted by atomic mass is 10.1. The largest absolute Gasteiger partial charge is 0.380 e. The Morgan fingerprint density at radius 3 is 2.40 bits per heavy atom. The van der Waals surface area contributed by atoms with E-state index in [4.69, 9.17) is 4.74 Å². The van der Waals surface area contributed by atoms with Crippen molar-refractivity contribution in [2.45, 2.75) is 33.5 Å². The number of aryl methyl sites for hydroxylation is 2. The summed E-state index contributed by atoms with van der Waals surface area (Å²) >= 11 is 0. The second-order valence-electron chi connectivity index (χ2n) is 5.96. The molecule has 0 atom stereocenters. The van der Waals surface area contributed by atoms with Crippen LogP contribution in [0.4, 0.5) is 0 Å². The van der Waals surface area contributed by atoms with E-state index in [1.54, 1.807) is 14.2 Å². The lowest BCUT2D eigenvalue weighted by molar-refractivity contribution is 0.185. The lowest BCUT2D eigenvalue weighted by Gasteiger charge is -2.14. The molecule has 0 saturated carbocycles. The van der Waals surface area contributed by atoms with E-state index in [0.717, 1.165) is 19.0 Å². The SMILES string of the molecule is CN=C(NCc1cccc(COC)c1)NCc1ccc(C)cc1C.I. The third-order valence-electron chi connectivity index (χ3n) is 3.93. The number of benzene rings is 2. The van der Waals surface area contributed by atoms with E-state index in [-0.39, 0.29) is 24.0 Å². The number of rotatable bonds is 6. The quantitative estimate of drug-likeness (QED) is 0.396. The van der Waals surface area contributed by atoms with E-state index in [1.165, 1.54) is 27.8 Å². The zero-order valence-electron chi connectivity index (χ0n) is 15.4. The van der Waals surface area contributed by atoms with Crippen molar-refractivity contribution >= 4 is 29.9 Å². The maximum absolute atomic E-state index is 5.18. The second kappa shape index (κ2) is 11.1. The first-order valence-corrected chi connectivity index (χ1v) is 8.19. The minimum absolute atomic E-state index is 0. The van der Waals surface area contributed by atoms with E-state index in [1.807, 2.05) is 0 Å². The summed E-state index contributed by atoms with van der Waals surface area (Å²) in [5, 5.41) is 6.72. The summed E-state index contributed by atoms with van der Waals surface area (Å²) in [7, 11) is 3.50. The molecule has 136 valence electrons. The fraction of sp³-hybridized carbons (Fsp3) is 0.350. The Morgan fingerprint density at radius 1 is 1.00 bits per heavy atom. The molecule has 0 fully saturated rings. The standard InChI is InChI=1S/C20H27N3O.HI/c1-15-8-9-19(16(2)10-15)13-23-20(21-3)22-12-17-6-5-7-18(11-17)14-24-4;/h5-11H,12-14H2,1-4H3,(H2,21,22,23);1H. The van der Waals surface area contributed by atoms with Crippen LogP contribution in [0.2, 0.25) is 0 Å². The highest BCUT2D eigenvalue weighted by molar-refractivity contribution is 14.0. The molecule has 0 aliphatic carbocycles. The Hall–Kier alpha value is -1.60. The average Bonchev–Trinajstić information content (AvgIpc) is 2.57. The predicted molar refractivity (Wildman–Crippen MR) is 116 cm³/mol. The number of hydrogen-bond acceptors (Lipinski definition) is 2. The van der Waals surface area contributed by atoms with Crippen LogP contribution in [0, 0.1) is 13.8 Å². The van der Waals surface area contributed by atoms with Crippen LogP contribution in [0.25, 0.3) is 0 Å². The summed E-state index contributed by atoms with van der Waals surface area (Å²) in [6.45, 7) is 6.37. The molecule has 25 heavy (non-hydrogen) atoms. The number of guanidine groups is 1. The third-order valence-corrected chi connectivity index (χ3v) is 3.93. The van der Waals surface area contributed by atoms with Crippen molar-refractivity contribution in [3.05, 3.63) is 70.3 Å². The van der Waals surface area contributed by atoms with Crippen molar-refractivity contribution in [3.63, 3.8) is 0 Å². The number of ether oxygens (including phenoxy) is 1. The van der Waals surface area contributed by atoms with Crippen LogP contribution in [0.5, 0.6) is 0 Å². The summed E-state index contributed by atoms with van der Waals surface area (Å²) in [5.41, 5.74) is 6.25. The number of hydrogen-bond donors (Lipinski definition) is 2. The Balaban J connectivity index is 0.00000312. The monoisotopic (exact) mass is 453 g/mol. The molecule has 0 heterocycles. The van der Waals surface area contributed by atoms with E-state index >= 15 is 0 Å². The molecule has 0 radical (unpaired) electrons. The normalized spacial score (nSPS) is 11.0. The molecular weight excluding hydrogens is 425 g/mol. The zero-order valence-corrected chi connectivity index (χ0v) is 17.8. The molecule has 2 N–H and O–H groups in total. The van der Waals surface area contributed by atoms with Crippen LogP contribution in [-0.4, -0.2) is 20.1 Å². The van der Waals surface area contributed by atoms with Gasteiger partial charge in [-0.25, -0.2) is 0 Å². The predicted octanol–water partition coefficient (Wildman–Crippen LogP) is 3.93. The number of nitrogens with zero attached hydrogens (tertiary/aromatic N) is 1. The number of methoxy groups -OCH3 is 1. The number of nitrogens with one attached hydrogen (secondary N) is 2. The number of halogens is 1. The van der Waals surface area contributed by atoms with Crippen molar-refractivity contribution in [2.75, 3.05) is 14.2 Å². The maximum atomic E-state index is 5.18. The molecule has 4 nitrogen and oxygen atoms in total. The fourth-order valence-corrected chi connectivity index (χ4v) is 2.63. The van der Waals surface area contributed by atoms with Crippen LogP contribution < -0.4 is 10.6 Å². The summed E-state index contributed by atoms with van der Waals surface area (Å²) < 4.78 is 5.18. The van der Waals surface area contributed by atoms with Gasteiger partial charge in [-0.2, -0.15) is 0 Å². The Labute approximate surface area is 168 Å². The van der Waals surface area contributed by atoms with Crippen LogP contribution in [0.1, 0.15) is 27.8 Å². The zero-order chi connectivity index (χ0) is 17.4. The fourth-order valence-electron chi connectivity index (χ4n) is 2.63. The van der Waals surface area contributed by atoms with Crippen molar-refractivity contribution in [2.24, 2.45) is 4.99 Å². The van der Waals surface area contributed by atoms with Gasteiger partial charge in [-0.1, -0.05) is 48.0 Å². The van der Waals surface area contributed by atoms with Gasteiger partial charge in [0.1, 0.15) is 0 Å². The molecule has 0 amide bonds. The molecule has 5 heteroatoms. The maximum Gasteiger partial charge on any atom is 0.191 e. The van der Waals surface area contributed by atoms with Gasteiger partial charge in [0.05, 0.1) is 6.61 Å². The van der Waals surface area contributed by atoms with E-state index < -0.39 is 0 Å². The van der Waals surface area contributed by atoms with Crippen molar-refractivity contribution in [3.8, 4) is 0 Å². The van der Waals surface area contributed by atoms with Crippen LogP contribution in [0.3, 0.4) is 0 Å². The number of aliphatic imine (C=N–C) groups is 1. The van der Waals surface area contributed by atoms with Gasteiger partial charge in [-0.15, -0.1) is 24.0 Å². The highest BCUT2D eigenvalue weighted by Gasteiger charge is 2.02. The van der Waals surface area contributed by atoms with Crippen molar-refractivity contribution in [1.29, 1.82) is 0 Å². The smallest absolute Gasteiger partial charge is 0.191 e. The van der Waals surface area contributed by atoms with Crippen LogP contribution in [0.15, 0.2) is 47.5 Å². The highest BCUT2D eigenvalue weighted by Crippen LogP contribution is 2.10. The molecule has 0 aromatic heterocycles. The highest BCUT2D eigenvalue weighted by atomic mass is 127. The Bertz CT molecular complexity index is 701. The van der Waals surface area contributed by atoms with Gasteiger partial charge in [-0.05, 0) is 36.1 Å². The Morgan fingerprint density at radius 2 is 1.72 bits per heavy atom. The molecule has 0 bridgehead atoms. The minimum atomic E-state index is 0. The van der Waals surface area contributed by atoms with E-state index in [2.05, 4.69) is 71.9 Å². The van der Waals surface area contributed by atoms with Gasteiger partial charge >= 0.3 is 0 Å². The van der Waals surface area contributed by atoms with Crippen LogP contribution in [-0.2, 0) is 24.4 Å². The minimum Gasteiger partial charge on any atom is -0.380 e. The molecule has 2 aromatic rings. The average molecular weight is 453 g/mol. The summed E-state index contributed by atoms with van der Waals surface area (Å²) in [5.74, 6) is 0.798. The van der Waals surface area contributed by atoms with Gasteiger partial charge in [0.2, 0.25) is 0 Å². The van der Waals surface area contributed by atoms with Gasteiger partial charge in [0.15, 0.2) is 5.96 Å². The van der Waals surface area contributed by atoms with E-state index in [9.17, 15) is 0 Å². The summed E-state index contributed by atoms with van der Waals surface area (Å²) in [6.07, 6.45) is 0. The summed E-state index contributed by atoms with van der Waals surface area (Å²) in [4.78, 5) is 4.29. The summed E-state index contributed by atoms with van der Waals surface area (Å²) in [6, 6.07) is 14.9. The first-order chi connectivity index (χ1) is 11.6. The van der Waals surface area contributed by atoms with Gasteiger partial charge in [0.25, 0.3) is 0 Å². The van der Waals surface area contributed by atoms with Crippen molar-refractivity contribution in [1.82, 2.24) is 10.6 Å². The third kappa shape index (κ3) is 7.04. The molecule has 0 spiro atoms. The molecule has 0 unspecified atom stereocenters.